The highest BCUT2D eigenvalue weighted by Crippen LogP contribution is 2.26. The topological polar surface area (TPSA) is 16.6 Å². The van der Waals surface area contributed by atoms with Crippen molar-refractivity contribution in [2.75, 3.05) is 6.54 Å². The maximum absolute atomic E-state index is 4.05. The van der Waals surface area contributed by atoms with E-state index in [0.717, 1.165) is 12.8 Å². The summed E-state index contributed by atoms with van der Waals surface area (Å²) in [6.07, 6.45) is 6.37. The van der Waals surface area contributed by atoms with Crippen LogP contribution in [-0.2, 0) is 0 Å². The summed E-state index contributed by atoms with van der Waals surface area (Å²) in [4.78, 5) is 0. The molecule has 1 saturated heterocycles. The van der Waals surface area contributed by atoms with Crippen molar-refractivity contribution in [1.29, 1.82) is 0 Å². The van der Waals surface area contributed by atoms with E-state index in [0.29, 0.717) is 5.54 Å². The minimum Gasteiger partial charge on any atom is -0.341 e. The van der Waals surface area contributed by atoms with Crippen LogP contribution in [0.3, 0.4) is 0 Å². The fourth-order valence-electron chi connectivity index (χ4n) is 2.72. The summed E-state index contributed by atoms with van der Waals surface area (Å²) < 4.78 is 0. The highest BCUT2D eigenvalue weighted by Gasteiger charge is 2.35. The minimum atomic E-state index is 0.399. The normalized spacial score (nSPS) is 20.4. The Kier molecular flexibility index (Phi) is 3.94. The number of hydrogen-bond donors (Lipinski definition) is 1. The number of hydrogen-bond acceptors (Lipinski definition) is 0. The smallest absolute Gasteiger partial charge is 0.104 e. The van der Waals surface area contributed by atoms with Crippen molar-refractivity contribution in [2.24, 2.45) is 0 Å². The molecule has 1 aliphatic heterocycles. The van der Waals surface area contributed by atoms with E-state index in [1.807, 2.05) is 0 Å². The van der Waals surface area contributed by atoms with Crippen molar-refractivity contribution in [3.63, 3.8) is 0 Å². The first-order valence-corrected chi connectivity index (χ1v) is 5.67. The maximum Gasteiger partial charge on any atom is 0.104 e. The van der Waals surface area contributed by atoms with Crippen LogP contribution in [0, 0.1) is 0 Å². The molecule has 1 fully saturated rings. The molecule has 0 atom stereocenters. The van der Waals surface area contributed by atoms with Crippen molar-refractivity contribution >= 4 is 0 Å². The Morgan fingerprint density at radius 2 is 1.71 bits per heavy atom. The van der Waals surface area contributed by atoms with Gasteiger partial charge in [0.05, 0.1) is 6.54 Å². The molecule has 0 spiro atoms. The summed E-state index contributed by atoms with van der Waals surface area (Å²) in [5.74, 6) is 0. The zero-order valence-electron chi connectivity index (χ0n) is 9.73. The molecule has 1 aliphatic rings. The SMILES string of the molecule is C=C(C)CC1(CC(=C)C)CCCC[NH2+]1. The minimum absolute atomic E-state index is 0.399. The lowest BCUT2D eigenvalue weighted by Gasteiger charge is -2.35. The van der Waals surface area contributed by atoms with Gasteiger partial charge in [-0.15, -0.1) is 0 Å². The monoisotopic (exact) mass is 194 g/mol. The fourth-order valence-corrected chi connectivity index (χ4v) is 2.72. The summed E-state index contributed by atoms with van der Waals surface area (Å²) in [5, 5.41) is 2.53. The first-order valence-electron chi connectivity index (χ1n) is 5.67. The molecule has 2 N–H and O–H groups in total. The van der Waals surface area contributed by atoms with E-state index < -0.39 is 0 Å². The van der Waals surface area contributed by atoms with Crippen LogP contribution < -0.4 is 5.32 Å². The van der Waals surface area contributed by atoms with Crippen LogP contribution in [0.5, 0.6) is 0 Å². The molecule has 80 valence electrons. The summed E-state index contributed by atoms with van der Waals surface area (Å²) >= 11 is 0. The lowest BCUT2D eigenvalue weighted by atomic mass is 9.79. The molecular formula is C13H24N+. The molecule has 1 rings (SSSR count). The van der Waals surface area contributed by atoms with Crippen molar-refractivity contribution < 1.29 is 5.32 Å². The van der Waals surface area contributed by atoms with Gasteiger partial charge < -0.3 is 5.32 Å². The van der Waals surface area contributed by atoms with Gasteiger partial charge in [0, 0.05) is 19.3 Å². The zero-order chi connectivity index (χ0) is 10.6. The average Bonchev–Trinajstić information content (AvgIpc) is 2.01. The van der Waals surface area contributed by atoms with Crippen LogP contribution in [0.1, 0.15) is 46.0 Å². The Morgan fingerprint density at radius 3 is 2.07 bits per heavy atom. The van der Waals surface area contributed by atoms with Gasteiger partial charge in [-0.05, 0) is 26.7 Å². The van der Waals surface area contributed by atoms with Crippen molar-refractivity contribution in [3.05, 3.63) is 24.3 Å². The molecule has 0 unspecified atom stereocenters. The van der Waals surface area contributed by atoms with Gasteiger partial charge in [0.1, 0.15) is 5.54 Å². The van der Waals surface area contributed by atoms with Crippen LogP contribution in [-0.4, -0.2) is 12.1 Å². The maximum atomic E-state index is 4.05. The Hall–Kier alpha value is -0.560. The highest BCUT2D eigenvalue weighted by molar-refractivity contribution is 5.04. The van der Waals surface area contributed by atoms with Gasteiger partial charge in [-0.25, -0.2) is 0 Å². The van der Waals surface area contributed by atoms with Crippen LogP contribution in [0.2, 0.25) is 0 Å². The van der Waals surface area contributed by atoms with Crippen LogP contribution in [0.25, 0.3) is 0 Å². The van der Waals surface area contributed by atoms with E-state index in [2.05, 4.69) is 32.3 Å². The van der Waals surface area contributed by atoms with E-state index in [-0.39, 0.29) is 0 Å². The van der Waals surface area contributed by atoms with Gasteiger partial charge in [-0.2, -0.15) is 0 Å². The summed E-state index contributed by atoms with van der Waals surface area (Å²) in [6, 6.07) is 0. The molecule has 1 nitrogen and oxygen atoms in total. The first kappa shape index (κ1) is 11.5. The Bertz CT molecular complexity index is 203. The van der Waals surface area contributed by atoms with Gasteiger partial charge in [0.25, 0.3) is 0 Å². The third-order valence-electron chi connectivity index (χ3n) is 3.01. The quantitative estimate of drug-likeness (QED) is 0.662. The molecule has 0 aromatic rings. The molecule has 14 heavy (non-hydrogen) atoms. The van der Waals surface area contributed by atoms with E-state index in [1.54, 1.807) is 0 Å². The molecule has 0 aromatic heterocycles. The van der Waals surface area contributed by atoms with E-state index >= 15 is 0 Å². The Morgan fingerprint density at radius 1 is 1.14 bits per heavy atom. The molecule has 0 bridgehead atoms. The second kappa shape index (κ2) is 4.79. The third kappa shape index (κ3) is 3.30. The fraction of sp³-hybridized carbons (Fsp3) is 0.692. The second-order valence-electron chi connectivity index (χ2n) is 5.08. The summed E-state index contributed by atoms with van der Waals surface area (Å²) in [7, 11) is 0. The van der Waals surface area contributed by atoms with Gasteiger partial charge >= 0.3 is 0 Å². The Balaban J connectivity index is 2.66. The van der Waals surface area contributed by atoms with Crippen LogP contribution >= 0.6 is 0 Å². The molecule has 0 saturated carbocycles. The molecule has 1 heterocycles. The van der Waals surface area contributed by atoms with Crippen molar-refractivity contribution in [3.8, 4) is 0 Å². The largest absolute Gasteiger partial charge is 0.341 e. The first-order chi connectivity index (χ1) is 6.54. The van der Waals surface area contributed by atoms with Gasteiger partial charge in [-0.1, -0.05) is 24.3 Å². The van der Waals surface area contributed by atoms with Gasteiger partial charge in [0.15, 0.2) is 0 Å². The zero-order valence-corrected chi connectivity index (χ0v) is 9.73. The van der Waals surface area contributed by atoms with Crippen LogP contribution in [0.15, 0.2) is 24.3 Å². The molecule has 0 aliphatic carbocycles. The van der Waals surface area contributed by atoms with Crippen molar-refractivity contribution in [2.45, 2.75) is 51.5 Å². The van der Waals surface area contributed by atoms with Gasteiger partial charge in [0.2, 0.25) is 0 Å². The van der Waals surface area contributed by atoms with Crippen LogP contribution in [0.4, 0.5) is 0 Å². The van der Waals surface area contributed by atoms with E-state index in [4.69, 9.17) is 0 Å². The second-order valence-corrected chi connectivity index (χ2v) is 5.08. The molecule has 0 radical (unpaired) electrons. The third-order valence-corrected chi connectivity index (χ3v) is 3.01. The molecular weight excluding hydrogens is 170 g/mol. The molecule has 0 aromatic carbocycles. The van der Waals surface area contributed by atoms with Crippen molar-refractivity contribution in [1.82, 2.24) is 0 Å². The number of rotatable bonds is 4. The standard InChI is InChI=1S/C13H23N/c1-11(2)9-13(10-12(3)4)7-5-6-8-14-13/h14H,1,3,5-10H2,2,4H3/p+1. The Labute approximate surface area is 88.3 Å². The predicted octanol–water partition coefficient (Wildman–Crippen LogP) is 2.40. The van der Waals surface area contributed by atoms with E-state index in [1.165, 1.54) is 37.0 Å². The number of piperidine rings is 1. The average molecular weight is 194 g/mol. The van der Waals surface area contributed by atoms with Gasteiger partial charge in [-0.3, -0.25) is 0 Å². The molecule has 0 amide bonds. The van der Waals surface area contributed by atoms with E-state index in [9.17, 15) is 0 Å². The number of nitrogens with two attached hydrogens (primary N) is 1. The highest BCUT2D eigenvalue weighted by atomic mass is 15.0. The number of quaternary nitrogens is 1. The predicted molar refractivity (Wildman–Crippen MR) is 62.2 cm³/mol. The lowest BCUT2D eigenvalue weighted by molar-refractivity contribution is -0.735. The lowest BCUT2D eigenvalue weighted by Crippen LogP contribution is -2.98. The summed E-state index contributed by atoms with van der Waals surface area (Å²) in [6.45, 7) is 13.7. The summed E-state index contributed by atoms with van der Waals surface area (Å²) in [5.41, 5.74) is 3.02. The molecule has 1 heteroatoms.